The maximum Gasteiger partial charge on any atom is 0.356 e. The van der Waals surface area contributed by atoms with E-state index in [-0.39, 0.29) is 5.69 Å². The molecule has 0 atom stereocenters. The number of nitrogens with zero attached hydrogens (tertiary/aromatic N) is 3. The lowest BCUT2D eigenvalue weighted by atomic mass is 10.5. The summed E-state index contributed by atoms with van der Waals surface area (Å²) in [4.78, 5) is 15.2. The molecule has 0 amide bonds. The SMILES string of the molecule is CSc1nn2c(C(=O)O)cnc2s1. The molecule has 2 aromatic rings. The predicted molar refractivity (Wildman–Crippen MR) is 49.6 cm³/mol. The van der Waals surface area contributed by atoms with Gasteiger partial charge >= 0.3 is 5.97 Å². The number of imidazole rings is 1. The first-order chi connectivity index (χ1) is 6.22. The Bertz CT molecular complexity index is 461. The van der Waals surface area contributed by atoms with Gasteiger partial charge in [0, 0.05) is 0 Å². The fourth-order valence-electron chi connectivity index (χ4n) is 0.903. The largest absolute Gasteiger partial charge is 0.476 e. The van der Waals surface area contributed by atoms with Gasteiger partial charge in [0.1, 0.15) is 0 Å². The van der Waals surface area contributed by atoms with Crippen LogP contribution in [0.1, 0.15) is 10.5 Å². The van der Waals surface area contributed by atoms with Crippen LogP contribution in [0, 0.1) is 0 Å². The highest BCUT2D eigenvalue weighted by Crippen LogP contribution is 2.22. The number of aromatic nitrogens is 3. The van der Waals surface area contributed by atoms with Crippen molar-refractivity contribution in [1.82, 2.24) is 14.6 Å². The van der Waals surface area contributed by atoms with Crippen molar-refractivity contribution in [2.45, 2.75) is 4.34 Å². The van der Waals surface area contributed by atoms with Gasteiger partial charge in [-0.05, 0) is 6.26 Å². The van der Waals surface area contributed by atoms with Gasteiger partial charge in [-0.15, -0.1) is 5.10 Å². The Morgan fingerprint density at radius 3 is 3.15 bits per heavy atom. The van der Waals surface area contributed by atoms with Gasteiger partial charge in [-0.3, -0.25) is 0 Å². The van der Waals surface area contributed by atoms with Crippen LogP contribution in [0.5, 0.6) is 0 Å². The monoisotopic (exact) mass is 215 g/mol. The van der Waals surface area contributed by atoms with Crippen LogP contribution in [-0.2, 0) is 0 Å². The zero-order chi connectivity index (χ0) is 9.42. The minimum Gasteiger partial charge on any atom is -0.476 e. The average Bonchev–Trinajstić information content (AvgIpc) is 2.59. The summed E-state index contributed by atoms with van der Waals surface area (Å²) in [5.74, 6) is -1.01. The summed E-state index contributed by atoms with van der Waals surface area (Å²) < 4.78 is 2.16. The van der Waals surface area contributed by atoms with Gasteiger partial charge in [-0.2, -0.15) is 4.52 Å². The van der Waals surface area contributed by atoms with E-state index in [0.717, 1.165) is 4.34 Å². The summed E-state index contributed by atoms with van der Waals surface area (Å²) in [5.41, 5.74) is 0.103. The molecular weight excluding hydrogens is 210 g/mol. The highest BCUT2D eigenvalue weighted by Gasteiger charge is 2.13. The Morgan fingerprint density at radius 2 is 2.54 bits per heavy atom. The number of fused-ring (bicyclic) bond motifs is 1. The van der Waals surface area contributed by atoms with E-state index in [9.17, 15) is 4.79 Å². The maximum absolute atomic E-state index is 10.7. The Hall–Kier alpha value is -1.08. The molecule has 2 heterocycles. The average molecular weight is 215 g/mol. The van der Waals surface area contributed by atoms with Gasteiger partial charge in [0.05, 0.1) is 6.20 Å². The molecule has 0 unspecified atom stereocenters. The topological polar surface area (TPSA) is 67.5 Å². The minimum atomic E-state index is -1.01. The Labute approximate surface area is 81.4 Å². The van der Waals surface area contributed by atoms with E-state index in [0.29, 0.717) is 4.96 Å². The Morgan fingerprint density at radius 1 is 1.77 bits per heavy atom. The summed E-state index contributed by atoms with van der Waals surface area (Å²) in [5, 5.41) is 12.8. The van der Waals surface area contributed by atoms with Gasteiger partial charge in [0.2, 0.25) is 4.96 Å². The molecule has 0 aromatic carbocycles. The fourth-order valence-corrected chi connectivity index (χ4v) is 2.23. The summed E-state index contributed by atoms with van der Waals surface area (Å²) >= 11 is 2.85. The number of carboxylic acid groups (broad SMARTS) is 1. The maximum atomic E-state index is 10.7. The summed E-state index contributed by atoms with van der Waals surface area (Å²) in [6, 6.07) is 0. The van der Waals surface area contributed by atoms with Crippen LogP contribution >= 0.6 is 23.1 Å². The van der Waals surface area contributed by atoms with Crippen molar-refractivity contribution in [2.24, 2.45) is 0 Å². The first kappa shape index (κ1) is 8.52. The van der Waals surface area contributed by atoms with E-state index >= 15 is 0 Å². The van der Waals surface area contributed by atoms with Crippen molar-refractivity contribution in [3.8, 4) is 0 Å². The van der Waals surface area contributed by atoms with E-state index in [2.05, 4.69) is 10.1 Å². The van der Waals surface area contributed by atoms with Crippen molar-refractivity contribution in [2.75, 3.05) is 6.26 Å². The second-order valence-electron chi connectivity index (χ2n) is 2.22. The minimum absolute atomic E-state index is 0.103. The van der Waals surface area contributed by atoms with E-state index in [1.54, 1.807) is 0 Å². The molecular formula is C6H5N3O2S2. The Kier molecular flexibility index (Phi) is 1.97. The van der Waals surface area contributed by atoms with E-state index in [1.165, 1.54) is 33.8 Å². The second kappa shape index (κ2) is 3.00. The van der Waals surface area contributed by atoms with E-state index in [1.807, 2.05) is 6.26 Å². The third-order valence-electron chi connectivity index (χ3n) is 1.46. The van der Waals surface area contributed by atoms with Crippen molar-refractivity contribution in [3.63, 3.8) is 0 Å². The smallest absolute Gasteiger partial charge is 0.356 e. The van der Waals surface area contributed by atoms with Crippen molar-refractivity contribution in [1.29, 1.82) is 0 Å². The molecule has 13 heavy (non-hydrogen) atoms. The predicted octanol–water partition coefficient (Wildman–Crippen LogP) is 1.21. The van der Waals surface area contributed by atoms with Crippen LogP contribution in [0.4, 0.5) is 0 Å². The summed E-state index contributed by atoms with van der Waals surface area (Å²) in [6.45, 7) is 0. The molecule has 5 nitrogen and oxygen atoms in total. The van der Waals surface area contributed by atoms with Gasteiger partial charge in [-0.25, -0.2) is 9.78 Å². The van der Waals surface area contributed by atoms with Crippen molar-refractivity contribution >= 4 is 34.0 Å². The van der Waals surface area contributed by atoms with E-state index < -0.39 is 5.97 Å². The quantitative estimate of drug-likeness (QED) is 0.763. The molecule has 7 heteroatoms. The number of carbonyl (C=O) groups is 1. The summed E-state index contributed by atoms with van der Waals surface area (Å²) in [6.07, 6.45) is 3.20. The molecule has 1 N–H and O–H groups in total. The third kappa shape index (κ3) is 1.29. The van der Waals surface area contributed by atoms with Crippen LogP contribution in [-0.4, -0.2) is 31.9 Å². The van der Waals surface area contributed by atoms with Crippen LogP contribution in [0.3, 0.4) is 0 Å². The number of hydrogen-bond donors (Lipinski definition) is 1. The molecule has 0 fully saturated rings. The molecule has 0 bridgehead atoms. The molecule has 2 rings (SSSR count). The molecule has 0 saturated heterocycles. The van der Waals surface area contributed by atoms with Gasteiger partial charge in [0.15, 0.2) is 10.0 Å². The summed E-state index contributed by atoms with van der Waals surface area (Å²) in [7, 11) is 0. The molecule has 0 spiro atoms. The van der Waals surface area contributed by atoms with Crippen molar-refractivity contribution < 1.29 is 9.90 Å². The van der Waals surface area contributed by atoms with Gasteiger partial charge < -0.3 is 5.11 Å². The zero-order valence-corrected chi connectivity index (χ0v) is 8.22. The lowest BCUT2D eigenvalue weighted by molar-refractivity contribution is 0.0688. The van der Waals surface area contributed by atoms with E-state index in [4.69, 9.17) is 5.11 Å². The van der Waals surface area contributed by atoms with Crippen LogP contribution in [0.25, 0.3) is 4.96 Å². The van der Waals surface area contributed by atoms with Crippen LogP contribution in [0.2, 0.25) is 0 Å². The normalized spacial score (nSPS) is 10.8. The molecule has 0 saturated carbocycles. The third-order valence-corrected chi connectivity index (χ3v) is 3.36. The standard InChI is InChI=1S/C6H5N3O2S2/c1-12-6-8-9-3(4(10)11)2-7-5(9)13-6/h2H,1H3,(H,10,11). The molecule has 0 radical (unpaired) electrons. The number of thioether (sulfide) groups is 1. The van der Waals surface area contributed by atoms with Crippen molar-refractivity contribution in [3.05, 3.63) is 11.9 Å². The first-order valence-electron chi connectivity index (χ1n) is 3.34. The fraction of sp³-hybridized carbons (Fsp3) is 0.167. The first-order valence-corrected chi connectivity index (χ1v) is 5.38. The van der Waals surface area contributed by atoms with Gasteiger partial charge in [0.25, 0.3) is 0 Å². The van der Waals surface area contributed by atoms with Gasteiger partial charge in [-0.1, -0.05) is 23.1 Å². The van der Waals surface area contributed by atoms with Crippen LogP contribution < -0.4 is 0 Å². The number of aromatic carboxylic acids is 1. The Balaban J connectivity index is 2.65. The molecule has 0 aliphatic heterocycles. The molecule has 0 aliphatic rings. The molecule has 68 valence electrons. The van der Waals surface area contributed by atoms with Crippen LogP contribution in [0.15, 0.2) is 10.5 Å². The lowest BCUT2D eigenvalue weighted by Crippen LogP contribution is -2.01. The second-order valence-corrected chi connectivity index (χ2v) is 4.22. The number of carboxylic acids is 1. The number of hydrogen-bond acceptors (Lipinski definition) is 5. The zero-order valence-electron chi connectivity index (χ0n) is 6.59. The molecule has 2 aromatic heterocycles. The molecule has 0 aliphatic carbocycles. The highest BCUT2D eigenvalue weighted by molar-refractivity contribution is 8.00. The highest BCUT2D eigenvalue weighted by atomic mass is 32.2. The number of rotatable bonds is 2. The lowest BCUT2D eigenvalue weighted by Gasteiger charge is -1.87.